The van der Waals surface area contributed by atoms with Crippen LogP contribution in [0.25, 0.3) is 22.0 Å². The average Bonchev–Trinajstić information content (AvgIpc) is 3.40. The number of furan rings is 1. The Balaban J connectivity index is 1.42. The lowest BCUT2D eigenvalue weighted by molar-refractivity contribution is -0.137. The minimum atomic E-state index is -4.35. The van der Waals surface area contributed by atoms with Crippen molar-refractivity contribution in [2.75, 3.05) is 0 Å². The smallest absolute Gasteiger partial charge is 0.416 e. The van der Waals surface area contributed by atoms with Gasteiger partial charge in [0, 0.05) is 16.7 Å². The van der Waals surface area contributed by atoms with E-state index in [0.717, 1.165) is 23.4 Å². The molecule has 28 heavy (non-hydrogen) atoms. The fourth-order valence-corrected chi connectivity index (χ4v) is 4.01. The number of rotatable bonds is 5. The highest BCUT2D eigenvalue weighted by molar-refractivity contribution is 7.98. The van der Waals surface area contributed by atoms with Gasteiger partial charge in [0.2, 0.25) is 0 Å². The monoisotopic (exact) mass is 423 g/mol. The normalized spacial score (nSPS) is 11.9. The van der Waals surface area contributed by atoms with Gasteiger partial charge in [-0.05, 0) is 25.1 Å². The van der Waals surface area contributed by atoms with Crippen molar-refractivity contribution in [2.24, 2.45) is 0 Å². The molecule has 3 aromatic heterocycles. The van der Waals surface area contributed by atoms with Gasteiger partial charge in [-0.1, -0.05) is 23.9 Å². The molecule has 0 saturated carbocycles. The van der Waals surface area contributed by atoms with Gasteiger partial charge in [0.1, 0.15) is 10.8 Å². The number of thiazole rings is 1. The molecule has 10 heteroatoms. The van der Waals surface area contributed by atoms with Crippen molar-refractivity contribution < 1.29 is 22.0 Å². The summed E-state index contributed by atoms with van der Waals surface area (Å²) in [5.74, 6) is 1.58. The van der Waals surface area contributed by atoms with E-state index in [1.807, 2.05) is 12.3 Å². The lowest BCUT2D eigenvalue weighted by atomic mass is 10.1. The third-order valence-corrected chi connectivity index (χ3v) is 5.64. The molecule has 3 heterocycles. The number of aromatic nitrogens is 3. The van der Waals surface area contributed by atoms with Gasteiger partial charge >= 0.3 is 6.18 Å². The first-order valence-corrected chi connectivity index (χ1v) is 9.89. The molecule has 0 amide bonds. The Morgan fingerprint density at radius 1 is 1.11 bits per heavy atom. The molecule has 0 aliphatic carbocycles. The summed E-state index contributed by atoms with van der Waals surface area (Å²) in [7, 11) is 0. The van der Waals surface area contributed by atoms with Crippen LogP contribution in [-0.2, 0) is 11.9 Å². The number of alkyl halides is 3. The molecule has 0 N–H and O–H groups in total. The van der Waals surface area contributed by atoms with Gasteiger partial charge in [-0.2, -0.15) is 13.2 Å². The van der Waals surface area contributed by atoms with E-state index in [0.29, 0.717) is 33.2 Å². The summed E-state index contributed by atoms with van der Waals surface area (Å²) in [6.45, 7) is 1.81. The molecule has 0 aliphatic rings. The Hall–Kier alpha value is -2.59. The quantitative estimate of drug-likeness (QED) is 0.363. The Labute approximate surface area is 165 Å². The van der Waals surface area contributed by atoms with E-state index in [9.17, 15) is 13.2 Å². The fourth-order valence-electron chi connectivity index (χ4n) is 2.43. The molecule has 0 fully saturated rings. The van der Waals surface area contributed by atoms with E-state index in [1.165, 1.54) is 35.2 Å². The molecule has 4 rings (SSSR count). The number of nitrogens with zero attached hydrogens (tertiary/aromatic N) is 3. The minimum absolute atomic E-state index is 0.387. The molecule has 0 spiro atoms. The molecule has 0 atom stereocenters. The Bertz CT molecular complexity index is 1080. The number of thioether (sulfide) groups is 1. The number of halogens is 3. The van der Waals surface area contributed by atoms with Gasteiger partial charge in [-0.25, -0.2) is 4.98 Å². The number of aryl methyl sites for hydroxylation is 1. The Morgan fingerprint density at radius 2 is 1.89 bits per heavy atom. The zero-order valence-electron chi connectivity index (χ0n) is 14.4. The summed E-state index contributed by atoms with van der Waals surface area (Å²) in [6.07, 6.45) is -2.79. The minimum Gasteiger partial charge on any atom is -0.469 e. The lowest BCUT2D eigenvalue weighted by Gasteiger charge is -2.06. The van der Waals surface area contributed by atoms with Gasteiger partial charge in [0.15, 0.2) is 0 Å². The van der Waals surface area contributed by atoms with Gasteiger partial charge < -0.3 is 8.83 Å². The Morgan fingerprint density at radius 3 is 2.57 bits per heavy atom. The van der Waals surface area contributed by atoms with Crippen LogP contribution in [0.2, 0.25) is 0 Å². The van der Waals surface area contributed by atoms with Gasteiger partial charge in [-0.15, -0.1) is 21.5 Å². The fraction of sp³-hybridized carbons (Fsp3) is 0.167. The molecule has 144 valence electrons. The van der Waals surface area contributed by atoms with Crippen LogP contribution in [0.15, 0.2) is 56.0 Å². The van der Waals surface area contributed by atoms with Crippen LogP contribution in [0.5, 0.6) is 0 Å². The van der Waals surface area contributed by atoms with Crippen molar-refractivity contribution in [2.45, 2.75) is 24.1 Å². The second-order valence-corrected chi connectivity index (χ2v) is 7.56. The largest absolute Gasteiger partial charge is 0.469 e. The first kappa shape index (κ1) is 18.8. The first-order chi connectivity index (χ1) is 13.4. The zero-order valence-corrected chi connectivity index (χ0v) is 16.0. The maximum atomic E-state index is 12.7. The van der Waals surface area contributed by atoms with Crippen LogP contribution < -0.4 is 0 Å². The molecule has 0 radical (unpaired) electrons. The number of hydrogen-bond acceptors (Lipinski definition) is 7. The average molecular weight is 423 g/mol. The van der Waals surface area contributed by atoms with Crippen molar-refractivity contribution in [3.8, 4) is 22.0 Å². The second-order valence-electron chi connectivity index (χ2n) is 5.77. The van der Waals surface area contributed by atoms with Crippen molar-refractivity contribution in [1.29, 1.82) is 0 Å². The number of hydrogen-bond donors (Lipinski definition) is 0. The molecule has 5 nitrogen and oxygen atoms in total. The van der Waals surface area contributed by atoms with Crippen LogP contribution in [0.4, 0.5) is 13.2 Å². The van der Waals surface area contributed by atoms with Gasteiger partial charge in [0.25, 0.3) is 11.1 Å². The Kier molecular flexibility index (Phi) is 4.98. The van der Waals surface area contributed by atoms with Gasteiger partial charge in [0.05, 0.1) is 23.1 Å². The third-order valence-electron chi connectivity index (χ3n) is 3.85. The van der Waals surface area contributed by atoms with Crippen molar-refractivity contribution in [1.82, 2.24) is 15.2 Å². The van der Waals surface area contributed by atoms with Crippen molar-refractivity contribution >= 4 is 23.1 Å². The van der Waals surface area contributed by atoms with E-state index in [-0.39, 0.29) is 0 Å². The molecule has 4 aromatic rings. The summed E-state index contributed by atoms with van der Waals surface area (Å²) in [4.78, 5) is 4.47. The van der Waals surface area contributed by atoms with Crippen molar-refractivity contribution in [3.63, 3.8) is 0 Å². The van der Waals surface area contributed by atoms with E-state index < -0.39 is 11.7 Å². The summed E-state index contributed by atoms with van der Waals surface area (Å²) in [5.41, 5.74) is 1.50. The van der Waals surface area contributed by atoms with E-state index in [1.54, 1.807) is 12.3 Å². The predicted molar refractivity (Wildman–Crippen MR) is 98.9 cm³/mol. The molecule has 0 unspecified atom stereocenters. The summed E-state index contributed by atoms with van der Waals surface area (Å²) in [6, 6.07) is 6.73. The summed E-state index contributed by atoms with van der Waals surface area (Å²) < 4.78 is 48.8. The topological polar surface area (TPSA) is 65.0 Å². The molecule has 1 aromatic carbocycles. The SMILES string of the molecule is Cc1occc1-c1nnc(SCc2csc(-c3ccc(C(F)(F)F)cc3)n2)o1. The van der Waals surface area contributed by atoms with Crippen LogP contribution in [0, 0.1) is 6.92 Å². The third kappa shape index (κ3) is 3.97. The van der Waals surface area contributed by atoms with E-state index in [2.05, 4.69) is 15.2 Å². The maximum absolute atomic E-state index is 12.7. The molecule has 0 saturated heterocycles. The highest BCUT2D eigenvalue weighted by Crippen LogP contribution is 2.33. The van der Waals surface area contributed by atoms with E-state index >= 15 is 0 Å². The first-order valence-electron chi connectivity index (χ1n) is 8.03. The second kappa shape index (κ2) is 7.44. The summed E-state index contributed by atoms with van der Waals surface area (Å²) in [5, 5.41) is 10.9. The van der Waals surface area contributed by atoms with Crippen LogP contribution in [0.1, 0.15) is 17.0 Å². The van der Waals surface area contributed by atoms with Crippen LogP contribution in [0.3, 0.4) is 0 Å². The van der Waals surface area contributed by atoms with Crippen LogP contribution >= 0.6 is 23.1 Å². The van der Waals surface area contributed by atoms with Crippen molar-refractivity contribution in [3.05, 3.63) is 59.0 Å². The van der Waals surface area contributed by atoms with Gasteiger partial charge in [-0.3, -0.25) is 0 Å². The highest BCUT2D eigenvalue weighted by Gasteiger charge is 2.30. The lowest BCUT2D eigenvalue weighted by Crippen LogP contribution is -2.03. The standard InChI is InChI=1S/C18H12F3N3O2S2/c1-10-14(6-7-25-10)15-23-24-17(26-15)28-9-13-8-27-16(22-13)11-2-4-12(5-3-11)18(19,20)21/h2-8H,9H2,1H3. The molecule has 0 bridgehead atoms. The zero-order chi connectivity index (χ0) is 19.7. The highest BCUT2D eigenvalue weighted by atomic mass is 32.2. The summed E-state index contributed by atoms with van der Waals surface area (Å²) >= 11 is 2.71. The molecular weight excluding hydrogens is 411 g/mol. The molecular formula is C18H12F3N3O2S2. The van der Waals surface area contributed by atoms with E-state index in [4.69, 9.17) is 8.83 Å². The maximum Gasteiger partial charge on any atom is 0.416 e. The molecule has 0 aliphatic heterocycles. The van der Waals surface area contributed by atoms with Crippen LogP contribution in [-0.4, -0.2) is 15.2 Å². The predicted octanol–water partition coefficient (Wildman–Crippen LogP) is 6.07. The number of benzene rings is 1.